The van der Waals surface area contributed by atoms with E-state index in [1.54, 1.807) is 18.2 Å². The topological polar surface area (TPSA) is 107 Å². The van der Waals surface area contributed by atoms with E-state index >= 15 is 0 Å². The smallest absolute Gasteiger partial charge is 0.310 e. The first-order chi connectivity index (χ1) is 9.18. The zero-order valence-corrected chi connectivity index (χ0v) is 12.1. The van der Waals surface area contributed by atoms with E-state index in [4.69, 9.17) is 10.4 Å². The Labute approximate surface area is 118 Å². The summed E-state index contributed by atoms with van der Waals surface area (Å²) >= 11 is 0. The molecule has 0 fully saturated rings. The predicted molar refractivity (Wildman–Crippen MR) is 73.2 cm³/mol. The third-order valence-electron chi connectivity index (χ3n) is 2.80. The number of carboxylic acids is 1. The second kappa shape index (κ2) is 6.03. The first-order valence-electron chi connectivity index (χ1n) is 5.87. The molecule has 20 heavy (non-hydrogen) atoms. The van der Waals surface area contributed by atoms with Crippen LogP contribution in [-0.4, -0.2) is 26.0 Å². The molecule has 0 amide bonds. The van der Waals surface area contributed by atoms with Gasteiger partial charge in [0, 0.05) is 6.54 Å². The lowest BCUT2D eigenvalue weighted by molar-refractivity contribution is -0.146. The summed E-state index contributed by atoms with van der Waals surface area (Å²) in [6.45, 7) is 2.65. The highest BCUT2D eigenvalue weighted by Gasteiger charge is 2.29. The van der Waals surface area contributed by atoms with Crippen LogP contribution in [0.25, 0.3) is 0 Å². The monoisotopic (exact) mass is 296 g/mol. The van der Waals surface area contributed by atoms with Crippen molar-refractivity contribution in [2.75, 3.05) is 6.54 Å². The predicted octanol–water partition coefficient (Wildman–Crippen LogP) is 1.09. The van der Waals surface area contributed by atoms with Crippen LogP contribution in [0.2, 0.25) is 0 Å². The standard InChI is InChI=1S/C13H16N2O4S/c1-13(2,12(16)17)9-15-20(18,19)8-11-6-4-3-5-10(11)7-14/h3-6,15H,8-9H2,1-2H3,(H,16,17). The molecule has 0 radical (unpaired) electrons. The maximum atomic E-state index is 11.9. The molecule has 0 aliphatic rings. The number of hydrogen-bond donors (Lipinski definition) is 2. The van der Waals surface area contributed by atoms with Crippen molar-refractivity contribution in [3.63, 3.8) is 0 Å². The molecule has 0 saturated carbocycles. The highest BCUT2D eigenvalue weighted by Crippen LogP contribution is 2.15. The Balaban J connectivity index is 2.82. The number of rotatable bonds is 6. The maximum absolute atomic E-state index is 11.9. The van der Waals surface area contributed by atoms with Gasteiger partial charge in [-0.1, -0.05) is 18.2 Å². The maximum Gasteiger partial charge on any atom is 0.310 e. The van der Waals surface area contributed by atoms with E-state index < -0.39 is 21.4 Å². The van der Waals surface area contributed by atoms with Crippen molar-refractivity contribution in [3.8, 4) is 6.07 Å². The van der Waals surface area contributed by atoms with E-state index in [-0.39, 0.29) is 17.9 Å². The van der Waals surface area contributed by atoms with Crippen LogP contribution in [0.5, 0.6) is 0 Å². The van der Waals surface area contributed by atoms with Crippen molar-refractivity contribution < 1.29 is 18.3 Å². The summed E-state index contributed by atoms with van der Waals surface area (Å²) in [5.74, 6) is -1.44. The van der Waals surface area contributed by atoms with Crippen molar-refractivity contribution in [1.29, 1.82) is 5.26 Å². The summed E-state index contributed by atoms with van der Waals surface area (Å²) in [5.41, 5.74) is -0.520. The molecule has 0 aliphatic heterocycles. The van der Waals surface area contributed by atoms with E-state index in [2.05, 4.69) is 4.72 Å². The van der Waals surface area contributed by atoms with Crippen LogP contribution in [0.1, 0.15) is 25.0 Å². The molecule has 0 saturated heterocycles. The van der Waals surface area contributed by atoms with Gasteiger partial charge < -0.3 is 5.11 Å². The molecule has 0 aliphatic carbocycles. The molecule has 108 valence electrons. The number of nitriles is 1. The van der Waals surface area contributed by atoms with E-state index in [1.165, 1.54) is 19.9 Å². The number of nitrogens with zero attached hydrogens (tertiary/aromatic N) is 1. The number of carboxylic acid groups (broad SMARTS) is 1. The molecule has 1 rings (SSSR count). The normalized spacial score (nSPS) is 11.8. The van der Waals surface area contributed by atoms with Gasteiger partial charge in [-0.05, 0) is 25.5 Å². The van der Waals surface area contributed by atoms with Crippen LogP contribution < -0.4 is 4.72 Å². The summed E-state index contributed by atoms with van der Waals surface area (Å²) in [4.78, 5) is 10.9. The van der Waals surface area contributed by atoms with Crippen molar-refractivity contribution in [2.45, 2.75) is 19.6 Å². The van der Waals surface area contributed by atoms with Crippen LogP contribution in [0, 0.1) is 16.7 Å². The van der Waals surface area contributed by atoms with Gasteiger partial charge in [-0.3, -0.25) is 4.79 Å². The Morgan fingerprint density at radius 2 is 2.00 bits per heavy atom. The number of benzene rings is 1. The Kier molecular flexibility index (Phi) is 4.87. The van der Waals surface area contributed by atoms with Gasteiger partial charge in [0.1, 0.15) is 0 Å². The Morgan fingerprint density at radius 1 is 1.40 bits per heavy atom. The number of hydrogen-bond acceptors (Lipinski definition) is 4. The van der Waals surface area contributed by atoms with Crippen LogP contribution in [-0.2, 0) is 20.6 Å². The summed E-state index contributed by atoms with van der Waals surface area (Å²) in [6, 6.07) is 8.31. The average molecular weight is 296 g/mol. The molecule has 0 unspecified atom stereocenters. The molecule has 2 N–H and O–H groups in total. The minimum Gasteiger partial charge on any atom is -0.481 e. The second-order valence-electron chi connectivity index (χ2n) is 5.04. The zero-order chi connectivity index (χ0) is 15.4. The molecule has 0 aromatic heterocycles. The van der Waals surface area contributed by atoms with Gasteiger partial charge in [-0.15, -0.1) is 0 Å². The number of nitrogens with one attached hydrogen (secondary N) is 1. The van der Waals surface area contributed by atoms with Crippen LogP contribution in [0.4, 0.5) is 0 Å². The van der Waals surface area contributed by atoms with E-state index in [9.17, 15) is 13.2 Å². The third-order valence-corrected chi connectivity index (χ3v) is 4.07. The SMILES string of the molecule is CC(C)(CNS(=O)(=O)Cc1ccccc1C#N)C(=O)O. The zero-order valence-electron chi connectivity index (χ0n) is 11.3. The molecule has 0 spiro atoms. The van der Waals surface area contributed by atoms with Gasteiger partial charge in [-0.2, -0.15) is 5.26 Å². The second-order valence-corrected chi connectivity index (χ2v) is 6.85. The Hall–Kier alpha value is -1.91. The number of sulfonamides is 1. The molecule has 7 heteroatoms. The molecule has 0 atom stereocenters. The Bertz CT molecular complexity index is 645. The fourth-order valence-electron chi connectivity index (χ4n) is 1.38. The fourth-order valence-corrected chi connectivity index (χ4v) is 2.72. The van der Waals surface area contributed by atoms with Crippen molar-refractivity contribution in [2.24, 2.45) is 5.41 Å². The number of aliphatic carboxylic acids is 1. The van der Waals surface area contributed by atoms with Gasteiger partial charge >= 0.3 is 5.97 Å². The molecular formula is C13H16N2O4S. The van der Waals surface area contributed by atoms with Crippen LogP contribution in [0.15, 0.2) is 24.3 Å². The molecular weight excluding hydrogens is 280 g/mol. The van der Waals surface area contributed by atoms with Crippen molar-refractivity contribution in [1.82, 2.24) is 4.72 Å². The van der Waals surface area contributed by atoms with Crippen LogP contribution in [0.3, 0.4) is 0 Å². The van der Waals surface area contributed by atoms with Gasteiger partial charge in [0.15, 0.2) is 0 Å². The lowest BCUT2D eigenvalue weighted by atomic mass is 9.95. The lowest BCUT2D eigenvalue weighted by Gasteiger charge is -2.19. The Morgan fingerprint density at radius 3 is 2.55 bits per heavy atom. The van der Waals surface area contributed by atoms with Gasteiger partial charge in [0.2, 0.25) is 10.0 Å². The summed E-state index contributed by atoms with van der Waals surface area (Å²) < 4.78 is 26.1. The molecule has 0 heterocycles. The molecule has 6 nitrogen and oxygen atoms in total. The third kappa shape index (κ3) is 4.33. The average Bonchev–Trinajstić information content (AvgIpc) is 2.37. The highest BCUT2D eigenvalue weighted by molar-refractivity contribution is 7.88. The van der Waals surface area contributed by atoms with Gasteiger partial charge in [-0.25, -0.2) is 13.1 Å². The fraction of sp³-hybridized carbons (Fsp3) is 0.385. The minimum atomic E-state index is -3.70. The largest absolute Gasteiger partial charge is 0.481 e. The van der Waals surface area contributed by atoms with E-state index in [0.29, 0.717) is 5.56 Å². The molecule has 0 bridgehead atoms. The van der Waals surface area contributed by atoms with Crippen molar-refractivity contribution >= 4 is 16.0 Å². The first kappa shape index (κ1) is 16.1. The van der Waals surface area contributed by atoms with E-state index in [1.807, 2.05) is 6.07 Å². The van der Waals surface area contributed by atoms with Gasteiger partial charge in [0.25, 0.3) is 0 Å². The van der Waals surface area contributed by atoms with Gasteiger partial charge in [0.05, 0.1) is 22.8 Å². The minimum absolute atomic E-state index is 0.209. The molecule has 1 aromatic carbocycles. The van der Waals surface area contributed by atoms with Crippen LogP contribution >= 0.6 is 0 Å². The summed E-state index contributed by atoms with van der Waals surface area (Å²) in [7, 11) is -3.70. The summed E-state index contributed by atoms with van der Waals surface area (Å²) in [5, 5.41) is 17.8. The van der Waals surface area contributed by atoms with Crippen molar-refractivity contribution in [3.05, 3.63) is 35.4 Å². The quantitative estimate of drug-likeness (QED) is 0.817. The number of carbonyl (C=O) groups is 1. The van der Waals surface area contributed by atoms with E-state index in [0.717, 1.165) is 0 Å². The summed E-state index contributed by atoms with van der Waals surface area (Å²) in [6.07, 6.45) is 0. The first-order valence-corrected chi connectivity index (χ1v) is 7.52. The molecule has 1 aromatic rings. The lowest BCUT2D eigenvalue weighted by Crippen LogP contribution is -2.39. The highest BCUT2D eigenvalue weighted by atomic mass is 32.2.